The molecule has 2 aromatic heterocycles. The Balaban J connectivity index is 1.62. The Morgan fingerprint density at radius 2 is 1.96 bits per heavy atom. The van der Waals surface area contributed by atoms with E-state index < -0.39 is 0 Å². The van der Waals surface area contributed by atoms with Crippen molar-refractivity contribution in [3.8, 4) is 11.3 Å². The van der Waals surface area contributed by atoms with Crippen LogP contribution in [-0.2, 0) is 13.6 Å². The fourth-order valence-corrected chi connectivity index (χ4v) is 2.14. The molecule has 0 aliphatic heterocycles. The predicted molar refractivity (Wildman–Crippen MR) is 84.0 cm³/mol. The first kappa shape index (κ1) is 14.9. The van der Waals surface area contributed by atoms with Crippen LogP contribution < -0.4 is 5.32 Å². The number of nitrogens with zero attached hydrogens (tertiary/aromatic N) is 3. The fraction of sp³-hybridized carbons (Fsp3) is 0.118. The van der Waals surface area contributed by atoms with Crippen LogP contribution in [0.25, 0.3) is 11.3 Å². The van der Waals surface area contributed by atoms with Gasteiger partial charge in [-0.3, -0.25) is 14.5 Å². The molecule has 3 rings (SSSR count). The number of amides is 1. The Kier molecular flexibility index (Phi) is 4.14. The zero-order valence-corrected chi connectivity index (χ0v) is 12.5. The molecule has 0 spiro atoms. The Morgan fingerprint density at radius 1 is 1.17 bits per heavy atom. The molecule has 0 radical (unpaired) electrons. The first-order valence-electron chi connectivity index (χ1n) is 7.09. The number of pyridine rings is 1. The molecule has 1 N–H and O–H groups in total. The van der Waals surface area contributed by atoms with Gasteiger partial charge in [-0.1, -0.05) is 6.07 Å². The molecule has 0 bridgehead atoms. The van der Waals surface area contributed by atoms with E-state index in [0.717, 1.165) is 16.8 Å². The van der Waals surface area contributed by atoms with Crippen LogP contribution in [-0.4, -0.2) is 20.7 Å². The van der Waals surface area contributed by atoms with Gasteiger partial charge in [0.05, 0.1) is 11.9 Å². The van der Waals surface area contributed by atoms with E-state index in [4.69, 9.17) is 0 Å². The van der Waals surface area contributed by atoms with Gasteiger partial charge < -0.3 is 5.32 Å². The van der Waals surface area contributed by atoms with Crippen molar-refractivity contribution in [1.29, 1.82) is 0 Å². The molecule has 0 aliphatic rings. The normalized spacial score (nSPS) is 10.5. The highest BCUT2D eigenvalue weighted by Crippen LogP contribution is 2.15. The minimum Gasteiger partial charge on any atom is -0.348 e. The summed E-state index contributed by atoms with van der Waals surface area (Å²) in [6.45, 7) is 0.358. The minimum atomic E-state index is -0.364. The zero-order chi connectivity index (χ0) is 16.2. The summed E-state index contributed by atoms with van der Waals surface area (Å²) >= 11 is 0. The van der Waals surface area contributed by atoms with E-state index in [2.05, 4.69) is 15.4 Å². The Labute approximate surface area is 132 Å². The lowest BCUT2D eigenvalue weighted by atomic mass is 10.2. The molecule has 1 aromatic carbocycles. The van der Waals surface area contributed by atoms with Crippen LogP contribution in [0.1, 0.15) is 15.9 Å². The first-order chi connectivity index (χ1) is 11.1. The zero-order valence-electron chi connectivity index (χ0n) is 12.5. The van der Waals surface area contributed by atoms with Crippen LogP contribution in [0, 0.1) is 5.82 Å². The van der Waals surface area contributed by atoms with Crippen LogP contribution in [0.4, 0.5) is 4.39 Å². The van der Waals surface area contributed by atoms with Crippen LogP contribution in [0.15, 0.2) is 55.0 Å². The summed E-state index contributed by atoms with van der Waals surface area (Å²) in [6, 6.07) is 9.22. The highest BCUT2D eigenvalue weighted by molar-refractivity contribution is 5.94. The summed E-state index contributed by atoms with van der Waals surface area (Å²) in [5.41, 5.74) is 3.07. The molecule has 5 nitrogen and oxygen atoms in total. The maximum atomic E-state index is 12.8. The lowest BCUT2D eigenvalue weighted by Crippen LogP contribution is -2.22. The van der Waals surface area contributed by atoms with Gasteiger partial charge in [-0.05, 0) is 35.9 Å². The topological polar surface area (TPSA) is 59.8 Å². The summed E-state index contributed by atoms with van der Waals surface area (Å²) in [4.78, 5) is 16.3. The SMILES string of the molecule is Cn1cc(-c2ccc(CNC(=O)c3ccc(F)cc3)cn2)cn1. The highest BCUT2D eigenvalue weighted by atomic mass is 19.1. The van der Waals surface area contributed by atoms with Gasteiger partial charge in [0.15, 0.2) is 0 Å². The second-order valence-electron chi connectivity index (χ2n) is 5.14. The molecule has 0 saturated heterocycles. The third-order valence-corrected chi connectivity index (χ3v) is 3.38. The van der Waals surface area contributed by atoms with Crippen molar-refractivity contribution in [3.05, 3.63) is 71.9 Å². The number of rotatable bonds is 4. The molecule has 2 heterocycles. The monoisotopic (exact) mass is 310 g/mol. The second-order valence-corrected chi connectivity index (χ2v) is 5.14. The van der Waals surface area contributed by atoms with Gasteiger partial charge in [0.1, 0.15) is 5.82 Å². The molecule has 6 heteroatoms. The van der Waals surface area contributed by atoms with Crippen LogP contribution in [0.5, 0.6) is 0 Å². The number of nitrogens with one attached hydrogen (secondary N) is 1. The maximum Gasteiger partial charge on any atom is 0.251 e. The molecule has 3 aromatic rings. The van der Waals surface area contributed by atoms with Crippen molar-refractivity contribution in [1.82, 2.24) is 20.1 Å². The van der Waals surface area contributed by atoms with E-state index in [9.17, 15) is 9.18 Å². The molecule has 0 fully saturated rings. The summed E-state index contributed by atoms with van der Waals surface area (Å²) in [6.07, 6.45) is 5.35. The summed E-state index contributed by atoms with van der Waals surface area (Å²) in [7, 11) is 1.85. The average molecular weight is 310 g/mol. The van der Waals surface area contributed by atoms with Gasteiger partial charge in [0.25, 0.3) is 5.91 Å². The lowest BCUT2D eigenvalue weighted by Gasteiger charge is -2.06. The quantitative estimate of drug-likeness (QED) is 0.805. The summed E-state index contributed by atoms with van der Waals surface area (Å²) in [5.74, 6) is -0.613. The highest BCUT2D eigenvalue weighted by Gasteiger charge is 2.06. The number of hydrogen-bond donors (Lipinski definition) is 1. The van der Waals surface area contributed by atoms with Gasteiger partial charge >= 0.3 is 0 Å². The van der Waals surface area contributed by atoms with Crippen LogP contribution in [0.3, 0.4) is 0 Å². The molecule has 0 atom stereocenters. The fourth-order valence-electron chi connectivity index (χ4n) is 2.14. The van der Waals surface area contributed by atoms with Crippen LogP contribution in [0.2, 0.25) is 0 Å². The number of halogens is 1. The smallest absolute Gasteiger partial charge is 0.251 e. The third-order valence-electron chi connectivity index (χ3n) is 3.38. The molecule has 0 saturated carbocycles. The second kappa shape index (κ2) is 6.39. The minimum absolute atomic E-state index is 0.249. The van der Waals surface area contributed by atoms with Gasteiger partial charge in [-0.25, -0.2) is 4.39 Å². The van der Waals surface area contributed by atoms with Crippen molar-refractivity contribution in [3.63, 3.8) is 0 Å². The molecule has 23 heavy (non-hydrogen) atoms. The predicted octanol–water partition coefficient (Wildman–Crippen LogP) is 2.55. The third kappa shape index (κ3) is 3.60. The lowest BCUT2D eigenvalue weighted by molar-refractivity contribution is 0.0951. The molecule has 1 amide bonds. The van der Waals surface area contributed by atoms with Gasteiger partial charge in [-0.2, -0.15) is 5.10 Å². The van der Waals surface area contributed by atoms with E-state index >= 15 is 0 Å². The van der Waals surface area contributed by atoms with E-state index in [1.165, 1.54) is 24.3 Å². The number of hydrogen-bond acceptors (Lipinski definition) is 3. The Morgan fingerprint density at radius 3 is 2.57 bits per heavy atom. The van der Waals surface area contributed by atoms with Gasteiger partial charge in [0, 0.05) is 37.1 Å². The van der Waals surface area contributed by atoms with E-state index in [-0.39, 0.29) is 11.7 Å². The maximum absolute atomic E-state index is 12.8. The largest absolute Gasteiger partial charge is 0.348 e. The van der Waals surface area contributed by atoms with Crippen molar-refractivity contribution in [2.75, 3.05) is 0 Å². The van der Waals surface area contributed by atoms with E-state index in [0.29, 0.717) is 12.1 Å². The molecule has 0 unspecified atom stereocenters. The average Bonchev–Trinajstić information content (AvgIpc) is 3.00. The van der Waals surface area contributed by atoms with E-state index in [1.807, 2.05) is 25.4 Å². The van der Waals surface area contributed by atoms with Crippen molar-refractivity contribution < 1.29 is 9.18 Å². The Bertz CT molecular complexity index is 809. The van der Waals surface area contributed by atoms with Crippen LogP contribution >= 0.6 is 0 Å². The molecule has 116 valence electrons. The standard InChI is InChI=1S/C17H15FN4O/c1-22-11-14(10-21-22)16-7-2-12(8-19-16)9-20-17(23)13-3-5-15(18)6-4-13/h2-8,10-11H,9H2,1H3,(H,20,23). The van der Waals surface area contributed by atoms with Crippen molar-refractivity contribution in [2.45, 2.75) is 6.54 Å². The number of aryl methyl sites for hydroxylation is 1. The number of carbonyl (C=O) groups is 1. The summed E-state index contributed by atoms with van der Waals surface area (Å²) < 4.78 is 14.6. The number of aromatic nitrogens is 3. The van der Waals surface area contributed by atoms with Gasteiger partial charge in [-0.15, -0.1) is 0 Å². The number of benzene rings is 1. The first-order valence-corrected chi connectivity index (χ1v) is 7.09. The Hall–Kier alpha value is -3.02. The van der Waals surface area contributed by atoms with Gasteiger partial charge in [0.2, 0.25) is 0 Å². The molecular weight excluding hydrogens is 295 g/mol. The molecule has 0 aliphatic carbocycles. The molecular formula is C17H15FN4O. The van der Waals surface area contributed by atoms with Crippen molar-refractivity contribution >= 4 is 5.91 Å². The van der Waals surface area contributed by atoms with E-state index in [1.54, 1.807) is 17.1 Å². The van der Waals surface area contributed by atoms with Crippen molar-refractivity contribution in [2.24, 2.45) is 7.05 Å². The number of carbonyl (C=O) groups excluding carboxylic acids is 1. The summed E-state index contributed by atoms with van der Waals surface area (Å²) in [5, 5.41) is 6.89.